The van der Waals surface area contributed by atoms with Crippen LogP contribution in [-0.4, -0.2) is 39.1 Å². The molecule has 0 aliphatic carbocycles. The molecule has 0 atom stereocenters. The summed E-state index contributed by atoms with van der Waals surface area (Å²) >= 11 is 0. The van der Waals surface area contributed by atoms with E-state index in [1.165, 1.54) is 14.2 Å². The van der Waals surface area contributed by atoms with Crippen molar-refractivity contribution in [1.82, 2.24) is 10.6 Å². The van der Waals surface area contributed by atoms with Gasteiger partial charge in [-0.25, -0.2) is 0 Å². The molecule has 2 N–H and O–H groups in total. The first-order valence-corrected chi connectivity index (χ1v) is 6.39. The lowest BCUT2D eigenvalue weighted by atomic mass is 10.1. The van der Waals surface area contributed by atoms with E-state index in [1.807, 2.05) is 6.92 Å². The first-order valence-electron chi connectivity index (χ1n) is 6.39. The molecule has 20 heavy (non-hydrogen) atoms. The summed E-state index contributed by atoms with van der Waals surface area (Å²) in [5.41, 5.74) is 0.279. The number of amides is 2. The normalized spacial score (nSPS) is 9.75. The van der Waals surface area contributed by atoms with Crippen LogP contribution in [0, 0.1) is 0 Å². The average molecular weight is 280 g/mol. The van der Waals surface area contributed by atoms with E-state index < -0.39 is 5.91 Å². The SMILES string of the molecule is CCCNC(=O)CNC(=O)c1c(OC)cccc1OC. The van der Waals surface area contributed by atoms with Gasteiger partial charge in [0.25, 0.3) is 5.91 Å². The van der Waals surface area contributed by atoms with Crippen molar-refractivity contribution >= 4 is 11.8 Å². The number of hydrogen-bond acceptors (Lipinski definition) is 4. The molecule has 6 nitrogen and oxygen atoms in total. The summed E-state index contributed by atoms with van der Waals surface area (Å²) in [6.45, 7) is 2.46. The van der Waals surface area contributed by atoms with Crippen molar-refractivity contribution in [3.8, 4) is 11.5 Å². The molecule has 0 unspecified atom stereocenters. The summed E-state index contributed by atoms with van der Waals surface area (Å²) in [6, 6.07) is 5.05. The minimum Gasteiger partial charge on any atom is -0.496 e. The maximum absolute atomic E-state index is 12.1. The molecule has 0 heterocycles. The molecule has 0 fully saturated rings. The van der Waals surface area contributed by atoms with Gasteiger partial charge in [-0.15, -0.1) is 0 Å². The molecule has 1 rings (SSSR count). The van der Waals surface area contributed by atoms with Crippen LogP contribution in [-0.2, 0) is 4.79 Å². The van der Waals surface area contributed by atoms with Crippen LogP contribution >= 0.6 is 0 Å². The van der Waals surface area contributed by atoms with Gasteiger partial charge < -0.3 is 20.1 Å². The molecule has 0 aliphatic rings. The topological polar surface area (TPSA) is 76.7 Å². The lowest BCUT2D eigenvalue weighted by Crippen LogP contribution is -2.37. The van der Waals surface area contributed by atoms with Crippen molar-refractivity contribution in [2.45, 2.75) is 13.3 Å². The zero-order chi connectivity index (χ0) is 15.0. The smallest absolute Gasteiger partial charge is 0.259 e. The Balaban J connectivity index is 2.74. The number of hydrogen-bond donors (Lipinski definition) is 2. The van der Waals surface area contributed by atoms with Crippen LogP contribution in [0.15, 0.2) is 18.2 Å². The fourth-order valence-corrected chi connectivity index (χ4v) is 1.65. The summed E-state index contributed by atoms with van der Waals surface area (Å²) in [4.78, 5) is 23.6. The van der Waals surface area contributed by atoms with Gasteiger partial charge >= 0.3 is 0 Å². The highest BCUT2D eigenvalue weighted by atomic mass is 16.5. The summed E-state index contributed by atoms with van der Waals surface area (Å²) in [5, 5.41) is 5.23. The van der Waals surface area contributed by atoms with Crippen molar-refractivity contribution in [2.75, 3.05) is 27.3 Å². The van der Waals surface area contributed by atoms with Gasteiger partial charge in [-0.05, 0) is 18.6 Å². The predicted molar refractivity (Wildman–Crippen MR) is 75.2 cm³/mol. The standard InChI is InChI=1S/C14H20N2O4/c1-4-8-15-12(17)9-16-14(18)13-10(19-2)6-5-7-11(13)20-3/h5-7H,4,8-9H2,1-3H3,(H,15,17)(H,16,18). The van der Waals surface area contributed by atoms with Gasteiger partial charge in [0, 0.05) is 6.54 Å². The first-order chi connectivity index (χ1) is 9.63. The molecule has 0 spiro atoms. The molecule has 0 aromatic heterocycles. The molecular formula is C14H20N2O4. The molecule has 0 aliphatic heterocycles. The van der Waals surface area contributed by atoms with Gasteiger partial charge in [-0.2, -0.15) is 0 Å². The predicted octanol–water partition coefficient (Wildman–Crippen LogP) is 0.960. The third kappa shape index (κ3) is 4.15. The lowest BCUT2D eigenvalue weighted by Gasteiger charge is -2.12. The molecule has 1 aromatic rings. The Morgan fingerprint density at radius 2 is 1.70 bits per heavy atom. The number of benzene rings is 1. The van der Waals surface area contributed by atoms with E-state index in [0.717, 1.165) is 6.42 Å². The third-order valence-electron chi connectivity index (χ3n) is 2.64. The van der Waals surface area contributed by atoms with Crippen molar-refractivity contribution in [3.63, 3.8) is 0 Å². The van der Waals surface area contributed by atoms with E-state index in [2.05, 4.69) is 10.6 Å². The van der Waals surface area contributed by atoms with Crippen LogP contribution in [0.1, 0.15) is 23.7 Å². The summed E-state index contributed by atoms with van der Waals surface area (Å²) < 4.78 is 10.3. The summed E-state index contributed by atoms with van der Waals surface area (Å²) in [5.74, 6) is 0.159. The molecule has 0 bridgehead atoms. The molecule has 2 amide bonds. The Morgan fingerprint density at radius 3 is 2.20 bits per heavy atom. The molecular weight excluding hydrogens is 260 g/mol. The second-order valence-electron chi connectivity index (χ2n) is 4.07. The van der Waals surface area contributed by atoms with Crippen LogP contribution < -0.4 is 20.1 Å². The molecule has 6 heteroatoms. The second kappa shape index (κ2) is 8.04. The van der Waals surface area contributed by atoms with Gasteiger partial charge in [0.15, 0.2) is 0 Å². The highest BCUT2D eigenvalue weighted by molar-refractivity contribution is 6.01. The number of carbonyl (C=O) groups is 2. The Morgan fingerprint density at radius 1 is 1.10 bits per heavy atom. The fraction of sp³-hybridized carbons (Fsp3) is 0.429. The highest BCUT2D eigenvalue weighted by Crippen LogP contribution is 2.27. The number of ether oxygens (including phenoxy) is 2. The van der Waals surface area contributed by atoms with Crippen molar-refractivity contribution < 1.29 is 19.1 Å². The fourth-order valence-electron chi connectivity index (χ4n) is 1.65. The molecule has 0 radical (unpaired) electrons. The first kappa shape index (κ1) is 15.8. The van der Waals surface area contributed by atoms with E-state index in [9.17, 15) is 9.59 Å². The number of nitrogens with one attached hydrogen (secondary N) is 2. The Bertz CT molecular complexity index is 452. The monoisotopic (exact) mass is 280 g/mol. The van der Waals surface area contributed by atoms with Crippen LogP contribution in [0.25, 0.3) is 0 Å². The van der Waals surface area contributed by atoms with E-state index >= 15 is 0 Å². The van der Waals surface area contributed by atoms with Gasteiger partial charge in [-0.3, -0.25) is 9.59 Å². The zero-order valence-corrected chi connectivity index (χ0v) is 12.0. The zero-order valence-electron chi connectivity index (χ0n) is 12.0. The van der Waals surface area contributed by atoms with E-state index in [0.29, 0.717) is 18.0 Å². The number of carbonyl (C=O) groups excluding carboxylic acids is 2. The second-order valence-corrected chi connectivity index (χ2v) is 4.07. The molecule has 0 saturated carbocycles. The van der Waals surface area contributed by atoms with Crippen LogP contribution in [0.3, 0.4) is 0 Å². The van der Waals surface area contributed by atoms with Crippen LogP contribution in [0.5, 0.6) is 11.5 Å². The maximum atomic E-state index is 12.1. The average Bonchev–Trinajstić information content (AvgIpc) is 2.49. The number of methoxy groups -OCH3 is 2. The van der Waals surface area contributed by atoms with Gasteiger partial charge in [0.05, 0.1) is 20.8 Å². The molecule has 0 saturated heterocycles. The highest BCUT2D eigenvalue weighted by Gasteiger charge is 2.18. The van der Waals surface area contributed by atoms with Gasteiger partial charge in [-0.1, -0.05) is 13.0 Å². The molecule has 1 aromatic carbocycles. The minimum absolute atomic E-state index is 0.0833. The maximum Gasteiger partial charge on any atom is 0.259 e. The van der Waals surface area contributed by atoms with Crippen molar-refractivity contribution in [1.29, 1.82) is 0 Å². The Kier molecular flexibility index (Phi) is 6.36. The largest absolute Gasteiger partial charge is 0.496 e. The van der Waals surface area contributed by atoms with Crippen LogP contribution in [0.4, 0.5) is 0 Å². The van der Waals surface area contributed by atoms with Crippen molar-refractivity contribution in [3.05, 3.63) is 23.8 Å². The van der Waals surface area contributed by atoms with E-state index in [1.54, 1.807) is 18.2 Å². The number of rotatable bonds is 7. The Hall–Kier alpha value is -2.24. The minimum atomic E-state index is -0.411. The Labute approximate surface area is 118 Å². The van der Waals surface area contributed by atoms with Gasteiger partial charge in [0.2, 0.25) is 5.91 Å². The summed E-state index contributed by atoms with van der Waals surface area (Å²) in [7, 11) is 2.94. The lowest BCUT2D eigenvalue weighted by molar-refractivity contribution is -0.120. The molecule has 110 valence electrons. The van der Waals surface area contributed by atoms with E-state index in [-0.39, 0.29) is 18.0 Å². The summed E-state index contributed by atoms with van der Waals surface area (Å²) in [6.07, 6.45) is 0.847. The van der Waals surface area contributed by atoms with Crippen LogP contribution in [0.2, 0.25) is 0 Å². The third-order valence-corrected chi connectivity index (χ3v) is 2.64. The van der Waals surface area contributed by atoms with E-state index in [4.69, 9.17) is 9.47 Å². The van der Waals surface area contributed by atoms with Gasteiger partial charge in [0.1, 0.15) is 17.1 Å². The van der Waals surface area contributed by atoms with Crippen molar-refractivity contribution in [2.24, 2.45) is 0 Å². The quantitative estimate of drug-likeness (QED) is 0.780.